The molecule has 10 nitrogen and oxygen atoms in total. The number of nitrogens with zero attached hydrogens (tertiary/aromatic N) is 1. The fourth-order valence-corrected chi connectivity index (χ4v) is 4.78. The van der Waals surface area contributed by atoms with Crippen LogP contribution in [0.2, 0.25) is 0 Å². The van der Waals surface area contributed by atoms with Crippen molar-refractivity contribution < 1.29 is 29.0 Å². The highest BCUT2D eigenvalue weighted by Crippen LogP contribution is 2.26. The molecule has 0 spiro atoms. The minimum Gasteiger partial charge on any atom is -0.481 e. The standard InChI is InChI=1S/C33H38N4O6/c1-33(2,3)43-32(42)35-20-24-11-7-10-23(16-24)19-34-30(40)25-12-13-26-21-37(15-14-22-8-5-4-6-9-22)31(41)28(18-29(38)39)36-27(26)17-25/h4-13,16-17,28,36H,14-15,18-21H2,1-3H3,(H,34,40)(H,35,42)(H,38,39)/t28-/m1/s1. The van der Waals surface area contributed by atoms with Gasteiger partial charge in [-0.25, -0.2) is 4.79 Å². The summed E-state index contributed by atoms with van der Waals surface area (Å²) in [5, 5.41) is 18.2. The Balaban J connectivity index is 1.41. The highest BCUT2D eigenvalue weighted by Gasteiger charge is 2.31. The van der Waals surface area contributed by atoms with Gasteiger partial charge in [0.1, 0.15) is 11.6 Å². The normalized spacial score (nSPS) is 14.6. The molecule has 0 saturated carbocycles. The smallest absolute Gasteiger partial charge is 0.407 e. The number of benzene rings is 3. The van der Waals surface area contributed by atoms with Gasteiger partial charge in [0.15, 0.2) is 0 Å². The number of fused-ring (bicyclic) bond motifs is 1. The average molecular weight is 587 g/mol. The summed E-state index contributed by atoms with van der Waals surface area (Å²) in [6.07, 6.45) is -0.245. The summed E-state index contributed by atoms with van der Waals surface area (Å²) >= 11 is 0. The molecule has 1 atom stereocenters. The van der Waals surface area contributed by atoms with E-state index in [4.69, 9.17) is 4.74 Å². The Bertz CT molecular complexity index is 1470. The van der Waals surface area contributed by atoms with Crippen LogP contribution in [0.1, 0.15) is 59.8 Å². The SMILES string of the molecule is CC(C)(C)OC(=O)NCc1cccc(CNC(=O)c2ccc3c(c2)N[C@H](CC(=O)O)C(=O)N(CCc2ccccc2)C3)c1. The zero-order chi connectivity index (χ0) is 31.0. The summed E-state index contributed by atoms with van der Waals surface area (Å²) in [7, 11) is 0. The minimum atomic E-state index is -1.09. The van der Waals surface area contributed by atoms with Crippen LogP contribution in [0.4, 0.5) is 10.5 Å². The molecular weight excluding hydrogens is 548 g/mol. The van der Waals surface area contributed by atoms with Gasteiger partial charge in [0.25, 0.3) is 5.91 Å². The van der Waals surface area contributed by atoms with Crippen molar-refractivity contribution >= 4 is 29.6 Å². The van der Waals surface area contributed by atoms with Crippen molar-refractivity contribution in [3.05, 3.63) is 101 Å². The number of carbonyl (C=O) groups is 4. The van der Waals surface area contributed by atoms with Gasteiger partial charge in [0.2, 0.25) is 5.91 Å². The van der Waals surface area contributed by atoms with Crippen molar-refractivity contribution in [1.82, 2.24) is 15.5 Å². The third-order valence-electron chi connectivity index (χ3n) is 6.84. The van der Waals surface area contributed by atoms with Gasteiger partial charge < -0.3 is 30.7 Å². The average Bonchev–Trinajstić information content (AvgIpc) is 3.08. The number of nitrogens with one attached hydrogen (secondary N) is 3. The molecule has 0 bridgehead atoms. The second-order valence-electron chi connectivity index (χ2n) is 11.5. The maximum absolute atomic E-state index is 13.3. The van der Waals surface area contributed by atoms with Crippen molar-refractivity contribution in [3.8, 4) is 0 Å². The summed E-state index contributed by atoms with van der Waals surface area (Å²) in [5.41, 5.74) is 3.95. The first-order valence-electron chi connectivity index (χ1n) is 14.2. The van der Waals surface area contributed by atoms with Gasteiger partial charge >= 0.3 is 12.1 Å². The molecule has 3 aromatic carbocycles. The van der Waals surface area contributed by atoms with Gasteiger partial charge in [-0.2, -0.15) is 0 Å². The molecule has 4 N–H and O–H groups in total. The number of hydrogen-bond acceptors (Lipinski definition) is 6. The Morgan fingerprint density at radius 1 is 0.930 bits per heavy atom. The predicted molar refractivity (Wildman–Crippen MR) is 162 cm³/mol. The van der Waals surface area contributed by atoms with Crippen LogP contribution in [0.15, 0.2) is 72.8 Å². The van der Waals surface area contributed by atoms with E-state index in [0.29, 0.717) is 30.8 Å². The lowest BCUT2D eigenvalue weighted by Crippen LogP contribution is -2.42. The van der Waals surface area contributed by atoms with Crippen LogP contribution in [-0.2, 0) is 40.4 Å². The van der Waals surface area contributed by atoms with Crippen LogP contribution in [0.25, 0.3) is 0 Å². The van der Waals surface area contributed by atoms with E-state index >= 15 is 0 Å². The molecule has 0 unspecified atom stereocenters. The van der Waals surface area contributed by atoms with Gasteiger partial charge in [0, 0.05) is 37.4 Å². The lowest BCUT2D eigenvalue weighted by Gasteiger charge is -2.24. The van der Waals surface area contributed by atoms with Crippen LogP contribution in [0, 0.1) is 0 Å². The van der Waals surface area contributed by atoms with Crippen LogP contribution in [0.3, 0.4) is 0 Å². The number of alkyl carbamates (subject to hydrolysis) is 1. The summed E-state index contributed by atoms with van der Waals surface area (Å²) in [4.78, 5) is 51.6. The quantitative estimate of drug-likeness (QED) is 0.275. The maximum atomic E-state index is 13.3. The second kappa shape index (κ2) is 13.9. The van der Waals surface area contributed by atoms with E-state index in [1.54, 1.807) is 43.9 Å². The lowest BCUT2D eigenvalue weighted by molar-refractivity contribution is -0.141. The molecular formula is C33H38N4O6. The zero-order valence-electron chi connectivity index (χ0n) is 24.7. The van der Waals surface area contributed by atoms with Crippen molar-refractivity contribution in [2.45, 2.75) is 64.9 Å². The fraction of sp³-hybridized carbons (Fsp3) is 0.333. The summed E-state index contributed by atoms with van der Waals surface area (Å²) in [6.45, 7) is 6.68. The van der Waals surface area contributed by atoms with Crippen LogP contribution < -0.4 is 16.0 Å². The highest BCUT2D eigenvalue weighted by atomic mass is 16.6. The third kappa shape index (κ3) is 9.32. The van der Waals surface area contributed by atoms with Gasteiger partial charge in [-0.1, -0.05) is 60.7 Å². The maximum Gasteiger partial charge on any atom is 0.407 e. The summed E-state index contributed by atoms with van der Waals surface area (Å²) < 4.78 is 5.27. The number of rotatable bonds is 10. The molecule has 0 fully saturated rings. The molecule has 0 aliphatic carbocycles. The second-order valence-corrected chi connectivity index (χ2v) is 11.5. The first kappa shape index (κ1) is 31.1. The number of carbonyl (C=O) groups excluding carboxylic acids is 3. The summed E-state index contributed by atoms with van der Waals surface area (Å²) in [6, 6.07) is 21.5. The Hall–Kier alpha value is -4.86. The first-order valence-corrected chi connectivity index (χ1v) is 14.2. The van der Waals surface area contributed by atoms with E-state index in [2.05, 4.69) is 16.0 Å². The first-order chi connectivity index (χ1) is 20.5. The van der Waals surface area contributed by atoms with E-state index < -0.39 is 23.7 Å². The topological polar surface area (TPSA) is 137 Å². The lowest BCUT2D eigenvalue weighted by atomic mass is 10.1. The van der Waals surface area contributed by atoms with E-state index in [9.17, 15) is 24.3 Å². The number of carboxylic acids is 1. The van der Waals surface area contributed by atoms with Crippen molar-refractivity contribution in [2.75, 3.05) is 11.9 Å². The van der Waals surface area contributed by atoms with Crippen molar-refractivity contribution in [3.63, 3.8) is 0 Å². The van der Waals surface area contributed by atoms with Gasteiger partial charge in [0.05, 0.1) is 6.42 Å². The third-order valence-corrected chi connectivity index (χ3v) is 6.84. The molecule has 0 radical (unpaired) electrons. The Labute approximate surface area is 251 Å². The fourth-order valence-electron chi connectivity index (χ4n) is 4.78. The van der Waals surface area contributed by atoms with Crippen LogP contribution >= 0.6 is 0 Å². The Morgan fingerprint density at radius 2 is 1.60 bits per heavy atom. The Morgan fingerprint density at radius 3 is 2.28 bits per heavy atom. The number of amides is 3. The molecule has 1 aliphatic heterocycles. The molecule has 0 aromatic heterocycles. The van der Waals surface area contributed by atoms with Gasteiger partial charge in [-0.3, -0.25) is 14.4 Å². The predicted octanol–water partition coefficient (Wildman–Crippen LogP) is 4.48. The van der Waals surface area contributed by atoms with E-state index in [-0.39, 0.29) is 31.3 Å². The van der Waals surface area contributed by atoms with E-state index in [0.717, 1.165) is 22.3 Å². The van der Waals surface area contributed by atoms with E-state index in [1.165, 1.54) is 0 Å². The number of anilines is 1. The monoisotopic (exact) mass is 586 g/mol. The highest BCUT2D eigenvalue weighted by molar-refractivity contribution is 5.96. The van der Waals surface area contributed by atoms with Crippen LogP contribution in [-0.4, -0.2) is 52.1 Å². The molecule has 1 aliphatic rings. The molecule has 3 amide bonds. The van der Waals surface area contributed by atoms with Crippen LogP contribution in [0.5, 0.6) is 0 Å². The molecule has 0 saturated heterocycles. The summed E-state index contributed by atoms with van der Waals surface area (Å²) in [5.74, 6) is -1.69. The molecule has 3 aromatic rings. The Kier molecular flexibility index (Phi) is 10.0. The molecule has 1 heterocycles. The number of ether oxygens (including phenoxy) is 1. The number of carboxylic acid groups (broad SMARTS) is 1. The molecule has 10 heteroatoms. The minimum absolute atomic E-state index is 0.261. The van der Waals surface area contributed by atoms with Crippen molar-refractivity contribution in [2.24, 2.45) is 0 Å². The molecule has 43 heavy (non-hydrogen) atoms. The van der Waals surface area contributed by atoms with E-state index in [1.807, 2.05) is 54.6 Å². The largest absolute Gasteiger partial charge is 0.481 e. The van der Waals surface area contributed by atoms with Crippen molar-refractivity contribution in [1.29, 1.82) is 0 Å². The number of hydrogen-bond donors (Lipinski definition) is 4. The zero-order valence-corrected chi connectivity index (χ0v) is 24.7. The molecule has 226 valence electrons. The van der Waals surface area contributed by atoms with Gasteiger partial charge in [-0.15, -0.1) is 0 Å². The number of aliphatic carboxylic acids is 1. The van der Waals surface area contributed by atoms with Gasteiger partial charge in [-0.05, 0) is 61.6 Å². The molecule has 4 rings (SSSR count).